The van der Waals surface area contributed by atoms with Crippen LogP contribution in [0, 0.1) is 0 Å². The Balaban J connectivity index is 1.72. The highest BCUT2D eigenvalue weighted by Crippen LogP contribution is 2.29. The molecule has 0 aliphatic rings. The molecule has 0 atom stereocenters. The van der Waals surface area contributed by atoms with Gasteiger partial charge >= 0.3 is 0 Å². The first-order valence-electron chi connectivity index (χ1n) is 10.1. The summed E-state index contributed by atoms with van der Waals surface area (Å²) in [7, 11) is -0.746. The number of sulfonamides is 1. The maximum absolute atomic E-state index is 12.7. The van der Waals surface area contributed by atoms with Gasteiger partial charge in [-0.15, -0.1) is 0 Å². The molecule has 3 aromatic rings. The standard InChI is InChI=1S/C24H26N2O6S/c1-30-21-13-14-23(31-2)22(15-21)25-24(27)16-26(33(3,28)29)19-9-11-20(12-10-19)32-17-18-7-5-4-6-8-18/h4-15H,16-17H2,1-3H3,(H,25,27). The van der Waals surface area contributed by atoms with Crippen molar-refractivity contribution in [2.24, 2.45) is 0 Å². The molecule has 0 aliphatic carbocycles. The van der Waals surface area contributed by atoms with Crippen molar-refractivity contribution in [2.45, 2.75) is 6.61 Å². The summed E-state index contributed by atoms with van der Waals surface area (Å²) in [5.41, 5.74) is 1.74. The van der Waals surface area contributed by atoms with Crippen LogP contribution in [0.15, 0.2) is 72.8 Å². The van der Waals surface area contributed by atoms with Gasteiger partial charge in [0.2, 0.25) is 15.9 Å². The second-order valence-electron chi connectivity index (χ2n) is 7.15. The Morgan fingerprint density at radius 2 is 1.58 bits per heavy atom. The Kier molecular flexibility index (Phi) is 7.78. The summed E-state index contributed by atoms with van der Waals surface area (Å²) in [5, 5.41) is 2.68. The molecule has 174 valence electrons. The average molecular weight is 471 g/mol. The molecule has 0 fully saturated rings. The molecule has 0 aliphatic heterocycles. The number of anilines is 2. The highest BCUT2D eigenvalue weighted by molar-refractivity contribution is 7.92. The third kappa shape index (κ3) is 6.63. The molecule has 0 aromatic heterocycles. The summed E-state index contributed by atoms with van der Waals surface area (Å²) < 4.78 is 42.0. The van der Waals surface area contributed by atoms with Gasteiger partial charge < -0.3 is 19.5 Å². The zero-order chi connectivity index (χ0) is 23.8. The van der Waals surface area contributed by atoms with Crippen molar-refractivity contribution in [2.75, 3.05) is 36.6 Å². The van der Waals surface area contributed by atoms with Gasteiger partial charge in [0.25, 0.3) is 0 Å². The molecule has 33 heavy (non-hydrogen) atoms. The predicted octanol–water partition coefficient (Wildman–Crippen LogP) is 3.69. The Labute approximate surface area is 193 Å². The third-order valence-electron chi connectivity index (χ3n) is 4.74. The second-order valence-corrected chi connectivity index (χ2v) is 9.06. The maximum atomic E-state index is 12.7. The number of rotatable bonds is 10. The molecule has 0 bridgehead atoms. The number of hydrogen-bond acceptors (Lipinski definition) is 6. The maximum Gasteiger partial charge on any atom is 0.245 e. The number of nitrogens with zero attached hydrogens (tertiary/aromatic N) is 1. The minimum atomic E-state index is -3.73. The van der Waals surface area contributed by atoms with Crippen LogP contribution in [0.1, 0.15) is 5.56 Å². The number of amides is 1. The van der Waals surface area contributed by atoms with Crippen molar-refractivity contribution in [3.8, 4) is 17.2 Å². The monoisotopic (exact) mass is 470 g/mol. The van der Waals surface area contributed by atoms with E-state index >= 15 is 0 Å². The van der Waals surface area contributed by atoms with Gasteiger partial charge in [-0.25, -0.2) is 8.42 Å². The lowest BCUT2D eigenvalue weighted by Gasteiger charge is -2.22. The summed E-state index contributed by atoms with van der Waals surface area (Å²) in [6.07, 6.45) is 1.05. The van der Waals surface area contributed by atoms with Crippen LogP contribution in [-0.4, -0.2) is 41.3 Å². The fraction of sp³-hybridized carbons (Fsp3) is 0.208. The topological polar surface area (TPSA) is 94.2 Å². The van der Waals surface area contributed by atoms with Crippen molar-refractivity contribution >= 4 is 27.3 Å². The minimum absolute atomic E-state index is 0.345. The fourth-order valence-corrected chi connectivity index (χ4v) is 3.94. The Bertz CT molecular complexity index is 1180. The molecule has 0 unspecified atom stereocenters. The van der Waals surface area contributed by atoms with Gasteiger partial charge in [-0.05, 0) is 42.0 Å². The van der Waals surface area contributed by atoms with Crippen LogP contribution in [0.2, 0.25) is 0 Å². The van der Waals surface area contributed by atoms with E-state index in [1.54, 1.807) is 42.5 Å². The smallest absolute Gasteiger partial charge is 0.245 e. The van der Waals surface area contributed by atoms with E-state index in [9.17, 15) is 13.2 Å². The molecular weight excluding hydrogens is 444 g/mol. The molecule has 3 rings (SSSR count). The summed E-state index contributed by atoms with van der Waals surface area (Å²) in [6.45, 7) is -0.0236. The zero-order valence-corrected chi connectivity index (χ0v) is 19.5. The largest absolute Gasteiger partial charge is 0.497 e. The molecule has 0 spiro atoms. The van der Waals surface area contributed by atoms with Gasteiger partial charge in [0, 0.05) is 6.07 Å². The molecular formula is C24H26N2O6S. The van der Waals surface area contributed by atoms with Crippen LogP contribution in [0.3, 0.4) is 0 Å². The molecule has 8 nitrogen and oxygen atoms in total. The van der Waals surface area contributed by atoms with E-state index in [0.29, 0.717) is 35.2 Å². The Hall–Kier alpha value is -3.72. The summed E-state index contributed by atoms with van der Waals surface area (Å²) >= 11 is 0. The van der Waals surface area contributed by atoms with Gasteiger partial charge in [-0.2, -0.15) is 0 Å². The number of carbonyl (C=O) groups excluding carboxylic acids is 1. The summed E-state index contributed by atoms with van der Waals surface area (Å²) in [5.74, 6) is 1.00. The van der Waals surface area contributed by atoms with Crippen molar-refractivity contribution in [3.63, 3.8) is 0 Å². The first-order valence-corrected chi connectivity index (χ1v) is 11.9. The quantitative estimate of drug-likeness (QED) is 0.486. The number of ether oxygens (including phenoxy) is 3. The van der Waals surface area contributed by atoms with E-state index in [0.717, 1.165) is 16.1 Å². The van der Waals surface area contributed by atoms with Crippen molar-refractivity contribution in [3.05, 3.63) is 78.4 Å². The number of methoxy groups -OCH3 is 2. The molecule has 1 N–H and O–H groups in total. The van der Waals surface area contributed by atoms with E-state index in [-0.39, 0.29) is 0 Å². The molecule has 9 heteroatoms. The Morgan fingerprint density at radius 3 is 2.18 bits per heavy atom. The minimum Gasteiger partial charge on any atom is -0.497 e. The van der Waals surface area contributed by atoms with E-state index in [2.05, 4.69) is 5.32 Å². The van der Waals surface area contributed by atoms with E-state index < -0.39 is 22.5 Å². The van der Waals surface area contributed by atoms with Crippen LogP contribution >= 0.6 is 0 Å². The molecule has 0 saturated carbocycles. The van der Waals surface area contributed by atoms with Crippen LogP contribution in [-0.2, 0) is 21.4 Å². The predicted molar refractivity (Wildman–Crippen MR) is 128 cm³/mol. The zero-order valence-electron chi connectivity index (χ0n) is 18.6. The molecule has 3 aromatic carbocycles. The number of hydrogen-bond donors (Lipinski definition) is 1. The number of nitrogens with one attached hydrogen (secondary N) is 1. The van der Waals surface area contributed by atoms with E-state index in [1.165, 1.54) is 14.2 Å². The SMILES string of the molecule is COc1ccc(OC)c(NC(=O)CN(c2ccc(OCc3ccccc3)cc2)S(C)(=O)=O)c1. The van der Waals surface area contributed by atoms with Crippen molar-refractivity contribution < 1.29 is 27.4 Å². The van der Waals surface area contributed by atoms with Gasteiger partial charge in [0.1, 0.15) is 30.4 Å². The second kappa shape index (κ2) is 10.7. The van der Waals surface area contributed by atoms with Gasteiger partial charge in [0.05, 0.1) is 31.9 Å². The van der Waals surface area contributed by atoms with Gasteiger partial charge in [-0.1, -0.05) is 30.3 Å². The molecule has 1 amide bonds. The van der Waals surface area contributed by atoms with Crippen LogP contribution in [0.25, 0.3) is 0 Å². The molecule has 0 saturated heterocycles. The lowest BCUT2D eigenvalue weighted by Crippen LogP contribution is -2.37. The van der Waals surface area contributed by atoms with Crippen LogP contribution in [0.5, 0.6) is 17.2 Å². The van der Waals surface area contributed by atoms with Crippen LogP contribution < -0.4 is 23.8 Å². The van der Waals surface area contributed by atoms with Crippen molar-refractivity contribution in [1.29, 1.82) is 0 Å². The molecule has 0 radical (unpaired) electrons. The lowest BCUT2D eigenvalue weighted by atomic mass is 10.2. The molecule has 0 heterocycles. The van der Waals surface area contributed by atoms with Gasteiger partial charge in [0.15, 0.2) is 0 Å². The first kappa shape index (κ1) is 23.9. The number of carbonyl (C=O) groups is 1. The van der Waals surface area contributed by atoms with E-state index in [1.807, 2.05) is 30.3 Å². The fourth-order valence-electron chi connectivity index (χ4n) is 3.08. The highest BCUT2D eigenvalue weighted by Gasteiger charge is 2.22. The average Bonchev–Trinajstić information content (AvgIpc) is 2.81. The lowest BCUT2D eigenvalue weighted by molar-refractivity contribution is -0.114. The normalized spacial score (nSPS) is 10.9. The van der Waals surface area contributed by atoms with Crippen molar-refractivity contribution in [1.82, 2.24) is 0 Å². The number of benzene rings is 3. The Morgan fingerprint density at radius 1 is 0.909 bits per heavy atom. The first-order chi connectivity index (χ1) is 15.8. The van der Waals surface area contributed by atoms with Gasteiger partial charge in [-0.3, -0.25) is 9.10 Å². The summed E-state index contributed by atoms with van der Waals surface area (Å²) in [4.78, 5) is 12.7. The highest BCUT2D eigenvalue weighted by atomic mass is 32.2. The van der Waals surface area contributed by atoms with Crippen LogP contribution in [0.4, 0.5) is 11.4 Å². The summed E-state index contributed by atoms with van der Waals surface area (Å²) in [6, 6.07) is 21.2. The third-order valence-corrected chi connectivity index (χ3v) is 5.88. The van der Waals surface area contributed by atoms with E-state index in [4.69, 9.17) is 14.2 Å².